The molecule has 0 atom stereocenters. The fourth-order valence-electron chi connectivity index (χ4n) is 0.548. The number of hydrogen-bond donors (Lipinski definition) is 1. The molecule has 8 heavy (non-hydrogen) atoms. The van der Waals surface area contributed by atoms with Crippen LogP contribution in [0.5, 0.6) is 0 Å². The van der Waals surface area contributed by atoms with Gasteiger partial charge in [-0.15, -0.1) is 12.3 Å². The zero-order valence-corrected chi connectivity index (χ0v) is 7.03. The van der Waals surface area contributed by atoms with Crippen molar-refractivity contribution in [3.63, 3.8) is 0 Å². The molecule has 0 aliphatic heterocycles. The lowest BCUT2D eigenvalue weighted by molar-refractivity contribution is 0.760. The predicted molar refractivity (Wildman–Crippen MR) is 42.1 cm³/mol. The molecule has 2 heteroatoms. The third kappa shape index (κ3) is 5.92. The third-order valence-electron chi connectivity index (χ3n) is 1.01. The predicted octanol–water partition coefficient (Wildman–Crippen LogP) is 0.326. The Balaban J connectivity index is 2.62. The monoisotopic (exact) mass is 129 g/mol. The summed E-state index contributed by atoms with van der Waals surface area (Å²) < 4.78 is 0. The van der Waals surface area contributed by atoms with Gasteiger partial charge in [0.05, 0.1) is 0 Å². The van der Waals surface area contributed by atoms with E-state index in [-0.39, 0.29) is 9.52 Å². The number of nitrogens with one attached hydrogen (secondary N) is 1. The van der Waals surface area contributed by atoms with Crippen molar-refractivity contribution in [1.82, 2.24) is 5.32 Å². The first-order valence-electron chi connectivity index (χ1n) is 3.23. The highest BCUT2D eigenvalue weighted by Gasteiger charge is 1.80. The molecule has 1 nitrogen and oxygen atoms in total. The molecule has 0 aliphatic carbocycles. The Morgan fingerprint density at radius 1 is 1.75 bits per heavy atom. The molecule has 48 valence electrons. The minimum atomic E-state index is 0.103. The van der Waals surface area contributed by atoms with Crippen molar-refractivity contribution >= 4 is 9.52 Å². The average molecular weight is 129 g/mol. The zero-order valence-electron chi connectivity index (χ0n) is 5.61. The van der Waals surface area contributed by atoms with Crippen molar-refractivity contribution in [2.45, 2.75) is 13.0 Å². The molecule has 0 aromatic carbocycles. The molecule has 0 saturated carbocycles. The van der Waals surface area contributed by atoms with Crippen molar-refractivity contribution in [1.29, 1.82) is 0 Å². The molecule has 0 unspecified atom stereocenters. The Morgan fingerprint density at radius 2 is 2.50 bits per heavy atom. The maximum absolute atomic E-state index is 3.69. The van der Waals surface area contributed by atoms with Gasteiger partial charge in [-0.05, 0) is 19.1 Å². The van der Waals surface area contributed by atoms with Crippen LogP contribution < -0.4 is 5.32 Å². The van der Waals surface area contributed by atoms with Gasteiger partial charge in [0.2, 0.25) is 0 Å². The lowest BCUT2D eigenvalue weighted by atomic mass is 10.7. The van der Waals surface area contributed by atoms with E-state index in [1.54, 1.807) is 0 Å². The lowest BCUT2D eigenvalue weighted by Gasteiger charge is -1.95. The second-order valence-corrected chi connectivity index (χ2v) is 3.65. The molecule has 0 saturated heterocycles. The summed E-state index contributed by atoms with van der Waals surface area (Å²) in [6, 6.07) is 1.36. The SMILES string of the molecule is C=C[SiH2]CCNCC. The Labute approximate surface area is 54.0 Å². The molecule has 0 spiro atoms. The van der Waals surface area contributed by atoms with Crippen molar-refractivity contribution in [3.05, 3.63) is 12.3 Å². The van der Waals surface area contributed by atoms with Gasteiger partial charge in [-0.25, -0.2) is 0 Å². The molecule has 0 bridgehead atoms. The Bertz CT molecular complexity index is 54.5. The number of rotatable bonds is 5. The summed E-state index contributed by atoms with van der Waals surface area (Å²) in [5.41, 5.74) is 2.09. The van der Waals surface area contributed by atoms with E-state index in [1.807, 2.05) is 0 Å². The highest BCUT2D eigenvalue weighted by Crippen LogP contribution is 1.73. The lowest BCUT2D eigenvalue weighted by Crippen LogP contribution is -2.14. The molecule has 0 aromatic rings. The van der Waals surface area contributed by atoms with E-state index in [0.29, 0.717) is 0 Å². The summed E-state index contributed by atoms with van der Waals surface area (Å²) in [4.78, 5) is 0. The topological polar surface area (TPSA) is 12.0 Å². The van der Waals surface area contributed by atoms with Gasteiger partial charge in [-0.1, -0.05) is 6.92 Å². The molecule has 0 aromatic heterocycles. The average Bonchev–Trinajstić information content (AvgIpc) is 1.81. The van der Waals surface area contributed by atoms with Crippen molar-refractivity contribution in [2.24, 2.45) is 0 Å². The largest absolute Gasteiger partial charge is 0.317 e. The van der Waals surface area contributed by atoms with Gasteiger partial charge in [-0.2, -0.15) is 0 Å². The van der Waals surface area contributed by atoms with Crippen LogP contribution in [0.4, 0.5) is 0 Å². The Hall–Kier alpha value is -0.0831. The van der Waals surface area contributed by atoms with Gasteiger partial charge in [-0.3, -0.25) is 0 Å². The fraction of sp³-hybridized carbons (Fsp3) is 0.667. The van der Waals surface area contributed by atoms with E-state index in [0.717, 1.165) is 6.54 Å². The van der Waals surface area contributed by atoms with Crippen LogP contribution in [0.2, 0.25) is 6.04 Å². The first-order chi connectivity index (χ1) is 3.91. The van der Waals surface area contributed by atoms with Crippen molar-refractivity contribution in [3.8, 4) is 0 Å². The third-order valence-corrected chi connectivity index (χ3v) is 2.18. The summed E-state index contributed by atoms with van der Waals surface area (Å²) in [7, 11) is 0.103. The quantitative estimate of drug-likeness (QED) is 0.416. The van der Waals surface area contributed by atoms with Gasteiger partial charge >= 0.3 is 0 Å². The highest BCUT2D eigenvalue weighted by molar-refractivity contribution is 6.41. The van der Waals surface area contributed by atoms with E-state index < -0.39 is 0 Å². The molecule has 0 fully saturated rings. The van der Waals surface area contributed by atoms with Gasteiger partial charge in [0, 0.05) is 9.52 Å². The zero-order chi connectivity index (χ0) is 6.24. The Morgan fingerprint density at radius 3 is 3.00 bits per heavy atom. The van der Waals surface area contributed by atoms with Gasteiger partial charge in [0.15, 0.2) is 0 Å². The van der Waals surface area contributed by atoms with E-state index in [9.17, 15) is 0 Å². The molecular weight excluding hydrogens is 114 g/mol. The first-order valence-corrected chi connectivity index (χ1v) is 5.05. The van der Waals surface area contributed by atoms with Crippen LogP contribution in [0.1, 0.15) is 6.92 Å². The van der Waals surface area contributed by atoms with Crippen LogP contribution in [-0.2, 0) is 0 Å². The summed E-state index contributed by atoms with van der Waals surface area (Å²) in [6.07, 6.45) is 0. The minimum Gasteiger partial charge on any atom is -0.317 e. The van der Waals surface area contributed by atoms with Gasteiger partial charge in [0.1, 0.15) is 0 Å². The maximum Gasteiger partial charge on any atom is 0.0458 e. The Kier molecular flexibility index (Phi) is 6.85. The molecular formula is C6H15NSi. The smallest absolute Gasteiger partial charge is 0.0458 e. The molecule has 0 aliphatic rings. The summed E-state index contributed by atoms with van der Waals surface area (Å²) >= 11 is 0. The second-order valence-electron chi connectivity index (χ2n) is 1.78. The highest BCUT2D eigenvalue weighted by atomic mass is 28.2. The fourth-order valence-corrected chi connectivity index (χ4v) is 1.29. The van der Waals surface area contributed by atoms with E-state index in [4.69, 9.17) is 0 Å². The molecule has 0 amide bonds. The summed E-state index contributed by atoms with van der Waals surface area (Å²) in [5, 5.41) is 3.27. The van der Waals surface area contributed by atoms with Crippen molar-refractivity contribution in [2.75, 3.05) is 13.1 Å². The molecule has 0 radical (unpaired) electrons. The van der Waals surface area contributed by atoms with Crippen LogP contribution in [0, 0.1) is 0 Å². The molecule has 0 rings (SSSR count). The van der Waals surface area contributed by atoms with Crippen LogP contribution >= 0.6 is 0 Å². The minimum absolute atomic E-state index is 0.103. The molecule has 0 heterocycles. The van der Waals surface area contributed by atoms with E-state index >= 15 is 0 Å². The van der Waals surface area contributed by atoms with Crippen LogP contribution in [-0.4, -0.2) is 22.6 Å². The van der Waals surface area contributed by atoms with Crippen LogP contribution in [0.3, 0.4) is 0 Å². The van der Waals surface area contributed by atoms with Crippen molar-refractivity contribution < 1.29 is 0 Å². The first kappa shape index (κ1) is 7.92. The van der Waals surface area contributed by atoms with Gasteiger partial charge < -0.3 is 5.32 Å². The summed E-state index contributed by atoms with van der Waals surface area (Å²) in [6.45, 7) is 8.12. The maximum atomic E-state index is 3.69. The van der Waals surface area contributed by atoms with Crippen LogP contribution in [0.15, 0.2) is 12.3 Å². The van der Waals surface area contributed by atoms with Gasteiger partial charge in [0.25, 0.3) is 0 Å². The standard InChI is InChI=1S/C6H15NSi/c1-3-7-5-6-8-4-2/h4,7H,2-3,5-6,8H2,1H3. The summed E-state index contributed by atoms with van der Waals surface area (Å²) in [5.74, 6) is 0. The van der Waals surface area contributed by atoms with E-state index in [2.05, 4.69) is 24.5 Å². The normalized spacial score (nSPS) is 10.6. The molecule has 1 N–H and O–H groups in total. The second kappa shape index (κ2) is 6.92. The van der Waals surface area contributed by atoms with E-state index in [1.165, 1.54) is 12.6 Å². The van der Waals surface area contributed by atoms with Crippen LogP contribution in [0.25, 0.3) is 0 Å². The number of hydrogen-bond acceptors (Lipinski definition) is 1.